The van der Waals surface area contributed by atoms with Crippen LogP contribution in [-0.4, -0.2) is 37.1 Å². The van der Waals surface area contributed by atoms with E-state index in [0.717, 1.165) is 5.56 Å². The summed E-state index contributed by atoms with van der Waals surface area (Å²) in [4.78, 5) is 22.8. The number of aliphatic hydroxyl groups excluding tert-OH is 1. The Morgan fingerprint density at radius 3 is 2.55 bits per heavy atom. The number of nitrogens with one attached hydrogen (secondary N) is 2. The van der Waals surface area contributed by atoms with Gasteiger partial charge in [0.15, 0.2) is 0 Å². The summed E-state index contributed by atoms with van der Waals surface area (Å²) in [5, 5.41) is 13.8. The Kier molecular flexibility index (Phi) is 6.87. The van der Waals surface area contributed by atoms with Gasteiger partial charge < -0.3 is 15.7 Å². The summed E-state index contributed by atoms with van der Waals surface area (Å²) in [6.07, 6.45) is 0.689. The highest BCUT2D eigenvalue weighted by Gasteiger charge is 2.05. The maximum absolute atomic E-state index is 11.8. The molecule has 0 bridgehead atoms. The zero-order valence-electron chi connectivity index (χ0n) is 11.4. The first-order valence-corrected chi connectivity index (χ1v) is 6.36. The largest absolute Gasteiger partial charge is 0.395 e. The highest BCUT2D eigenvalue weighted by Crippen LogP contribution is 2.03. The van der Waals surface area contributed by atoms with Gasteiger partial charge in [-0.15, -0.1) is 0 Å². The number of carbonyl (C=O) groups excluding carboxylic acids is 2. The minimum Gasteiger partial charge on any atom is -0.395 e. The van der Waals surface area contributed by atoms with Crippen molar-refractivity contribution in [2.24, 2.45) is 0 Å². The summed E-state index contributed by atoms with van der Waals surface area (Å²) in [5.41, 5.74) is 1.31. The lowest BCUT2D eigenvalue weighted by molar-refractivity contribution is -0.120. The summed E-state index contributed by atoms with van der Waals surface area (Å²) in [7, 11) is 1.56. The second-order valence-electron chi connectivity index (χ2n) is 4.03. The molecule has 5 nitrogen and oxygen atoms in total. The van der Waals surface area contributed by atoms with Crippen molar-refractivity contribution in [2.75, 3.05) is 20.2 Å². The molecular formula is C15H18N2O3. The van der Waals surface area contributed by atoms with E-state index in [9.17, 15) is 9.59 Å². The van der Waals surface area contributed by atoms with E-state index in [4.69, 9.17) is 5.11 Å². The molecule has 20 heavy (non-hydrogen) atoms. The Balaban J connectivity index is 2.49. The fraction of sp³-hybridized carbons (Fsp3) is 0.333. The summed E-state index contributed by atoms with van der Waals surface area (Å²) in [6, 6.07) is 6.85. The SMILES string of the molecule is CNC(=O)CCNC(=O)c1ccc(C#CCCO)cc1. The second-order valence-corrected chi connectivity index (χ2v) is 4.03. The van der Waals surface area contributed by atoms with Crippen LogP contribution < -0.4 is 10.6 Å². The van der Waals surface area contributed by atoms with Crippen molar-refractivity contribution < 1.29 is 14.7 Å². The van der Waals surface area contributed by atoms with Gasteiger partial charge in [-0.25, -0.2) is 0 Å². The van der Waals surface area contributed by atoms with Crippen molar-refractivity contribution in [3.63, 3.8) is 0 Å². The Labute approximate surface area is 118 Å². The number of hydrogen-bond donors (Lipinski definition) is 3. The van der Waals surface area contributed by atoms with Gasteiger partial charge in [0.1, 0.15) is 0 Å². The highest BCUT2D eigenvalue weighted by atomic mass is 16.2. The lowest BCUT2D eigenvalue weighted by Gasteiger charge is -2.04. The van der Waals surface area contributed by atoms with Gasteiger partial charge in [0.05, 0.1) is 6.61 Å². The molecule has 0 unspecified atom stereocenters. The Bertz CT molecular complexity index is 512. The maximum atomic E-state index is 11.8. The van der Waals surface area contributed by atoms with Gasteiger partial charge in [-0.1, -0.05) is 11.8 Å². The Morgan fingerprint density at radius 2 is 1.95 bits per heavy atom. The fourth-order valence-corrected chi connectivity index (χ4v) is 1.44. The first-order chi connectivity index (χ1) is 9.67. The highest BCUT2D eigenvalue weighted by molar-refractivity contribution is 5.94. The van der Waals surface area contributed by atoms with Crippen molar-refractivity contribution >= 4 is 11.8 Å². The van der Waals surface area contributed by atoms with Gasteiger partial charge in [0.25, 0.3) is 5.91 Å². The minimum atomic E-state index is -0.219. The average Bonchev–Trinajstić information content (AvgIpc) is 2.48. The number of hydrogen-bond acceptors (Lipinski definition) is 3. The summed E-state index contributed by atoms with van der Waals surface area (Å²) in [6.45, 7) is 0.343. The smallest absolute Gasteiger partial charge is 0.251 e. The van der Waals surface area contributed by atoms with E-state index in [1.165, 1.54) is 0 Å². The monoisotopic (exact) mass is 274 g/mol. The van der Waals surface area contributed by atoms with Gasteiger partial charge in [0.2, 0.25) is 5.91 Å². The van der Waals surface area contributed by atoms with Crippen molar-refractivity contribution in [2.45, 2.75) is 12.8 Å². The van der Waals surface area contributed by atoms with Gasteiger partial charge in [0, 0.05) is 37.6 Å². The predicted molar refractivity (Wildman–Crippen MR) is 76.0 cm³/mol. The van der Waals surface area contributed by atoms with Gasteiger partial charge >= 0.3 is 0 Å². The van der Waals surface area contributed by atoms with Crippen LogP contribution in [0.4, 0.5) is 0 Å². The van der Waals surface area contributed by atoms with E-state index in [2.05, 4.69) is 22.5 Å². The zero-order chi connectivity index (χ0) is 14.8. The molecule has 3 N–H and O–H groups in total. The topological polar surface area (TPSA) is 78.4 Å². The van der Waals surface area contributed by atoms with Crippen LogP contribution in [0, 0.1) is 11.8 Å². The molecule has 1 aromatic rings. The quantitative estimate of drug-likeness (QED) is 0.675. The molecule has 0 saturated heterocycles. The summed E-state index contributed by atoms with van der Waals surface area (Å²) < 4.78 is 0. The number of aliphatic hydroxyl groups is 1. The molecule has 1 rings (SSSR count). The van der Waals surface area contributed by atoms with Crippen molar-refractivity contribution in [3.8, 4) is 11.8 Å². The third kappa shape index (κ3) is 5.55. The number of benzene rings is 1. The van der Waals surface area contributed by atoms with Crippen molar-refractivity contribution in [1.82, 2.24) is 10.6 Å². The zero-order valence-corrected chi connectivity index (χ0v) is 11.4. The molecule has 0 aliphatic carbocycles. The van der Waals surface area contributed by atoms with E-state index in [-0.39, 0.29) is 24.8 Å². The van der Waals surface area contributed by atoms with Crippen LogP contribution >= 0.6 is 0 Å². The molecule has 5 heteroatoms. The fourth-order valence-electron chi connectivity index (χ4n) is 1.44. The Morgan fingerprint density at radius 1 is 1.25 bits per heavy atom. The van der Waals surface area contributed by atoms with Crippen LogP contribution in [0.3, 0.4) is 0 Å². The molecule has 0 fully saturated rings. The Hall–Kier alpha value is -2.32. The molecule has 0 heterocycles. The average molecular weight is 274 g/mol. The standard InChI is InChI=1S/C15H18N2O3/c1-16-14(19)9-10-17-15(20)13-7-5-12(6-8-13)4-2-3-11-18/h5-8,18H,3,9-11H2,1H3,(H,16,19)(H,17,20). The molecule has 0 aromatic heterocycles. The lowest BCUT2D eigenvalue weighted by Crippen LogP contribution is -2.29. The van der Waals surface area contributed by atoms with Gasteiger partial charge in [-0.2, -0.15) is 0 Å². The molecule has 0 aliphatic rings. The van der Waals surface area contributed by atoms with Crippen LogP contribution in [0.1, 0.15) is 28.8 Å². The van der Waals surface area contributed by atoms with E-state index in [1.54, 1.807) is 31.3 Å². The van der Waals surface area contributed by atoms with Crippen LogP contribution in [-0.2, 0) is 4.79 Å². The third-order valence-electron chi connectivity index (χ3n) is 2.53. The van der Waals surface area contributed by atoms with Crippen LogP contribution in [0.5, 0.6) is 0 Å². The van der Waals surface area contributed by atoms with E-state index >= 15 is 0 Å². The van der Waals surface area contributed by atoms with Gasteiger partial charge in [-0.3, -0.25) is 9.59 Å². The molecule has 0 atom stereocenters. The number of rotatable bonds is 5. The van der Waals surface area contributed by atoms with Crippen molar-refractivity contribution in [1.29, 1.82) is 0 Å². The molecule has 0 spiro atoms. The molecule has 1 aromatic carbocycles. The van der Waals surface area contributed by atoms with E-state index in [1.807, 2.05) is 0 Å². The molecule has 0 aliphatic heterocycles. The third-order valence-corrected chi connectivity index (χ3v) is 2.53. The predicted octanol–water partition coefficient (Wildman–Crippen LogP) is 0.286. The number of amides is 2. The summed E-state index contributed by atoms with van der Waals surface area (Å²) >= 11 is 0. The summed E-state index contributed by atoms with van der Waals surface area (Å²) in [5.74, 6) is 5.36. The van der Waals surface area contributed by atoms with E-state index in [0.29, 0.717) is 18.5 Å². The second kappa shape index (κ2) is 8.73. The van der Waals surface area contributed by atoms with Crippen LogP contribution in [0.25, 0.3) is 0 Å². The van der Waals surface area contributed by atoms with Crippen LogP contribution in [0.15, 0.2) is 24.3 Å². The van der Waals surface area contributed by atoms with Crippen molar-refractivity contribution in [3.05, 3.63) is 35.4 Å². The first kappa shape index (κ1) is 15.7. The maximum Gasteiger partial charge on any atom is 0.251 e. The normalized spacial score (nSPS) is 9.30. The number of carbonyl (C=O) groups is 2. The van der Waals surface area contributed by atoms with E-state index < -0.39 is 0 Å². The molecular weight excluding hydrogens is 256 g/mol. The molecule has 106 valence electrons. The first-order valence-electron chi connectivity index (χ1n) is 6.36. The minimum absolute atomic E-state index is 0.0405. The molecule has 0 radical (unpaired) electrons. The van der Waals surface area contributed by atoms with Crippen LogP contribution in [0.2, 0.25) is 0 Å². The molecule has 0 saturated carbocycles. The van der Waals surface area contributed by atoms with Gasteiger partial charge in [-0.05, 0) is 24.3 Å². The lowest BCUT2D eigenvalue weighted by atomic mass is 10.1. The molecule has 2 amide bonds.